The van der Waals surface area contributed by atoms with Gasteiger partial charge in [-0.15, -0.1) is 11.8 Å². The zero-order valence-corrected chi connectivity index (χ0v) is 8.47. The lowest BCUT2D eigenvalue weighted by atomic mass is 10.3. The quantitative estimate of drug-likeness (QED) is 0.735. The van der Waals surface area contributed by atoms with E-state index >= 15 is 0 Å². The maximum Gasteiger partial charge on any atom is 0.0959 e. The number of nitrogens with zero attached hydrogens (tertiary/aromatic N) is 1. The molecule has 3 N–H and O–H groups in total. The third-order valence-corrected chi connectivity index (χ3v) is 2.57. The van der Waals surface area contributed by atoms with Crippen LogP contribution in [-0.2, 0) is 0 Å². The van der Waals surface area contributed by atoms with E-state index < -0.39 is 0 Å². The van der Waals surface area contributed by atoms with Crippen LogP contribution < -0.4 is 6.15 Å². The molecule has 3 heteroatoms. The van der Waals surface area contributed by atoms with Crippen LogP contribution in [0.2, 0.25) is 0 Å². The topological polar surface area (TPSA) is 47.9 Å². The summed E-state index contributed by atoms with van der Waals surface area (Å²) in [4.78, 5) is 4.21. The van der Waals surface area contributed by atoms with Crippen LogP contribution in [0.1, 0.15) is 13.8 Å². The standard InChI is InChI=1S/C9H13NS.H3N/c1-8(2)7-11-9-5-3-4-6-10-9;/h3-6,8H,7H2,1-2H3;1H3. The second-order valence-corrected chi connectivity index (χ2v) is 3.91. The highest BCUT2D eigenvalue weighted by molar-refractivity contribution is 7.99. The lowest BCUT2D eigenvalue weighted by Crippen LogP contribution is -1.90. The first-order chi connectivity index (χ1) is 5.29. The summed E-state index contributed by atoms with van der Waals surface area (Å²) >= 11 is 1.82. The Balaban J connectivity index is 0.00000121. The van der Waals surface area contributed by atoms with Gasteiger partial charge in [0.05, 0.1) is 5.03 Å². The van der Waals surface area contributed by atoms with Gasteiger partial charge in [0, 0.05) is 11.9 Å². The van der Waals surface area contributed by atoms with Crippen LogP contribution >= 0.6 is 11.8 Å². The lowest BCUT2D eigenvalue weighted by molar-refractivity contribution is 0.749. The molecule has 0 saturated heterocycles. The van der Waals surface area contributed by atoms with Crippen molar-refractivity contribution in [2.75, 3.05) is 5.75 Å². The molecule has 0 atom stereocenters. The van der Waals surface area contributed by atoms with E-state index in [9.17, 15) is 0 Å². The van der Waals surface area contributed by atoms with E-state index in [1.54, 1.807) is 0 Å². The van der Waals surface area contributed by atoms with E-state index in [2.05, 4.69) is 18.8 Å². The SMILES string of the molecule is CC(C)CSc1ccccn1.N. The Hall–Kier alpha value is -0.540. The summed E-state index contributed by atoms with van der Waals surface area (Å²) in [6.45, 7) is 4.44. The van der Waals surface area contributed by atoms with Crippen LogP contribution in [0.5, 0.6) is 0 Å². The predicted molar refractivity (Wildman–Crippen MR) is 54.8 cm³/mol. The first kappa shape index (κ1) is 11.5. The predicted octanol–water partition coefficient (Wildman–Crippen LogP) is 2.99. The molecule has 68 valence electrons. The van der Waals surface area contributed by atoms with E-state index in [1.165, 1.54) is 0 Å². The molecular weight excluding hydrogens is 168 g/mol. The molecule has 1 aromatic heterocycles. The van der Waals surface area contributed by atoms with Crippen molar-refractivity contribution in [2.45, 2.75) is 18.9 Å². The summed E-state index contributed by atoms with van der Waals surface area (Å²) in [5.41, 5.74) is 0. The van der Waals surface area contributed by atoms with Crippen molar-refractivity contribution in [3.8, 4) is 0 Å². The largest absolute Gasteiger partial charge is 0.344 e. The Morgan fingerprint density at radius 2 is 2.17 bits per heavy atom. The number of rotatable bonds is 3. The summed E-state index contributed by atoms with van der Waals surface area (Å²) in [5.74, 6) is 1.89. The second-order valence-electron chi connectivity index (χ2n) is 2.87. The molecule has 0 radical (unpaired) electrons. The smallest absolute Gasteiger partial charge is 0.0959 e. The van der Waals surface area contributed by atoms with Crippen LogP contribution in [0.25, 0.3) is 0 Å². The van der Waals surface area contributed by atoms with Gasteiger partial charge in [-0.1, -0.05) is 19.9 Å². The van der Waals surface area contributed by atoms with Gasteiger partial charge in [-0.25, -0.2) is 4.98 Å². The van der Waals surface area contributed by atoms with Gasteiger partial charge in [0.2, 0.25) is 0 Å². The van der Waals surface area contributed by atoms with Crippen molar-refractivity contribution in [3.63, 3.8) is 0 Å². The Bertz CT molecular complexity index is 199. The minimum atomic E-state index is 0. The fourth-order valence-corrected chi connectivity index (χ4v) is 1.50. The van der Waals surface area contributed by atoms with Crippen molar-refractivity contribution in [1.82, 2.24) is 11.1 Å². The monoisotopic (exact) mass is 184 g/mol. The second kappa shape index (κ2) is 6.03. The molecule has 0 amide bonds. The van der Waals surface area contributed by atoms with Gasteiger partial charge in [0.15, 0.2) is 0 Å². The molecule has 0 unspecified atom stereocenters. The van der Waals surface area contributed by atoms with Gasteiger partial charge in [0.25, 0.3) is 0 Å². The number of thioether (sulfide) groups is 1. The third kappa shape index (κ3) is 4.36. The summed E-state index contributed by atoms with van der Waals surface area (Å²) in [7, 11) is 0. The van der Waals surface area contributed by atoms with Gasteiger partial charge in [-0.2, -0.15) is 0 Å². The van der Waals surface area contributed by atoms with E-state index in [4.69, 9.17) is 0 Å². The molecule has 0 spiro atoms. The van der Waals surface area contributed by atoms with Crippen molar-refractivity contribution in [3.05, 3.63) is 24.4 Å². The Morgan fingerprint density at radius 3 is 2.67 bits per heavy atom. The van der Waals surface area contributed by atoms with Crippen molar-refractivity contribution >= 4 is 11.8 Å². The van der Waals surface area contributed by atoms with Crippen molar-refractivity contribution in [1.29, 1.82) is 0 Å². The Morgan fingerprint density at radius 1 is 1.42 bits per heavy atom. The van der Waals surface area contributed by atoms with Gasteiger partial charge in [0.1, 0.15) is 0 Å². The molecule has 0 bridgehead atoms. The van der Waals surface area contributed by atoms with Gasteiger partial charge >= 0.3 is 0 Å². The molecule has 1 heterocycles. The number of hydrogen-bond donors (Lipinski definition) is 1. The van der Waals surface area contributed by atoms with E-state index in [0.29, 0.717) is 0 Å². The molecule has 0 aliphatic heterocycles. The molecule has 2 nitrogen and oxygen atoms in total. The number of hydrogen-bond acceptors (Lipinski definition) is 3. The summed E-state index contributed by atoms with van der Waals surface area (Å²) in [6.07, 6.45) is 1.84. The highest BCUT2D eigenvalue weighted by Gasteiger charge is 1.96. The van der Waals surface area contributed by atoms with Crippen LogP contribution in [-0.4, -0.2) is 10.7 Å². The van der Waals surface area contributed by atoms with Gasteiger partial charge < -0.3 is 6.15 Å². The molecule has 1 rings (SSSR count). The third-order valence-electron chi connectivity index (χ3n) is 1.20. The van der Waals surface area contributed by atoms with Crippen molar-refractivity contribution < 1.29 is 0 Å². The lowest BCUT2D eigenvalue weighted by Gasteiger charge is -2.02. The maximum absolute atomic E-state index is 4.21. The van der Waals surface area contributed by atoms with E-state index in [-0.39, 0.29) is 6.15 Å². The van der Waals surface area contributed by atoms with Gasteiger partial charge in [-0.3, -0.25) is 0 Å². The zero-order chi connectivity index (χ0) is 8.10. The average molecular weight is 184 g/mol. The molecular formula is C9H16N2S. The minimum Gasteiger partial charge on any atom is -0.344 e. The Kier molecular flexibility index (Phi) is 5.76. The first-order valence-electron chi connectivity index (χ1n) is 3.83. The molecule has 12 heavy (non-hydrogen) atoms. The fourth-order valence-electron chi connectivity index (χ4n) is 0.685. The molecule has 0 saturated carbocycles. The fraction of sp³-hybridized carbons (Fsp3) is 0.444. The average Bonchev–Trinajstić information content (AvgIpc) is 2.03. The highest BCUT2D eigenvalue weighted by Crippen LogP contribution is 2.16. The van der Waals surface area contributed by atoms with E-state index in [0.717, 1.165) is 16.7 Å². The zero-order valence-electron chi connectivity index (χ0n) is 7.66. The summed E-state index contributed by atoms with van der Waals surface area (Å²) < 4.78 is 0. The molecule has 0 aliphatic carbocycles. The van der Waals surface area contributed by atoms with Crippen LogP contribution in [0.4, 0.5) is 0 Å². The van der Waals surface area contributed by atoms with Crippen LogP contribution in [0, 0.1) is 5.92 Å². The molecule has 0 aliphatic rings. The summed E-state index contributed by atoms with van der Waals surface area (Å²) in [5, 5.41) is 1.13. The van der Waals surface area contributed by atoms with Crippen LogP contribution in [0.15, 0.2) is 29.4 Å². The summed E-state index contributed by atoms with van der Waals surface area (Å²) in [6, 6.07) is 6.02. The molecule has 1 aromatic rings. The minimum absolute atomic E-state index is 0. The van der Waals surface area contributed by atoms with Crippen molar-refractivity contribution in [2.24, 2.45) is 5.92 Å². The maximum atomic E-state index is 4.21. The van der Waals surface area contributed by atoms with Crippen LogP contribution in [0.3, 0.4) is 0 Å². The Labute approximate surface area is 78.4 Å². The first-order valence-corrected chi connectivity index (χ1v) is 4.81. The number of pyridine rings is 1. The normalized spacial score (nSPS) is 9.58. The molecule has 0 fully saturated rings. The highest BCUT2D eigenvalue weighted by atomic mass is 32.2. The van der Waals surface area contributed by atoms with Gasteiger partial charge in [-0.05, 0) is 18.1 Å². The van der Waals surface area contributed by atoms with E-state index in [1.807, 2.05) is 36.2 Å². The molecule has 0 aromatic carbocycles. The number of aromatic nitrogens is 1.